The molecule has 0 radical (unpaired) electrons. The van der Waals surface area contributed by atoms with Gasteiger partial charge in [-0.3, -0.25) is 0 Å². The molecule has 0 spiro atoms. The lowest BCUT2D eigenvalue weighted by Crippen LogP contribution is -2.01. The lowest BCUT2D eigenvalue weighted by molar-refractivity contribution is 0.579. The highest BCUT2D eigenvalue weighted by Gasteiger charge is 2.06. The van der Waals surface area contributed by atoms with Crippen LogP contribution < -0.4 is 0 Å². The van der Waals surface area contributed by atoms with Crippen LogP contribution in [0.25, 0.3) is 0 Å². The maximum Gasteiger partial charge on any atom is 0.0687 e. The normalized spacial score (nSPS) is 18.0. The number of rotatable bonds is 3. The van der Waals surface area contributed by atoms with Crippen LogP contribution in [0.3, 0.4) is 0 Å². The van der Waals surface area contributed by atoms with E-state index in [4.69, 9.17) is 0 Å². The van der Waals surface area contributed by atoms with Crippen molar-refractivity contribution in [2.75, 3.05) is 0 Å². The second-order valence-corrected chi connectivity index (χ2v) is 6.14. The summed E-state index contributed by atoms with van der Waals surface area (Å²) in [6, 6.07) is 0. The van der Waals surface area contributed by atoms with Gasteiger partial charge in [0.05, 0.1) is 2.83 Å². The fourth-order valence-corrected chi connectivity index (χ4v) is 1.21. The number of hydrogen-bond acceptors (Lipinski definition) is 0. The summed E-state index contributed by atoms with van der Waals surface area (Å²) in [5.41, 5.74) is 0. The van der Waals surface area contributed by atoms with Gasteiger partial charge in [0.25, 0.3) is 0 Å². The summed E-state index contributed by atoms with van der Waals surface area (Å²) in [7, 11) is 0. The lowest BCUT2D eigenvalue weighted by Gasteiger charge is -2.09. The molecule has 0 amide bonds. The third kappa shape index (κ3) is 4.13. The fourth-order valence-electron chi connectivity index (χ4n) is 0.581. The first-order chi connectivity index (χ1) is 3.68. The van der Waals surface area contributed by atoms with Crippen LogP contribution in [0.5, 0.6) is 0 Å². The Kier molecular flexibility index (Phi) is 5.79. The van der Waals surface area contributed by atoms with Crippen LogP contribution in [-0.4, -0.2) is 2.83 Å². The number of hydrogen-bond donors (Lipinski definition) is 0. The molecule has 0 aliphatic carbocycles. The van der Waals surface area contributed by atoms with E-state index in [9.17, 15) is 0 Å². The van der Waals surface area contributed by atoms with Crippen LogP contribution in [0.4, 0.5) is 0 Å². The van der Waals surface area contributed by atoms with Crippen molar-refractivity contribution < 1.29 is 0 Å². The van der Waals surface area contributed by atoms with Gasteiger partial charge in [-0.2, -0.15) is 0 Å². The molecule has 2 heteroatoms. The van der Waals surface area contributed by atoms with E-state index in [-0.39, 0.29) is 0 Å². The van der Waals surface area contributed by atoms with Crippen molar-refractivity contribution in [3.63, 3.8) is 0 Å². The van der Waals surface area contributed by atoms with Crippen molar-refractivity contribution in [1.82, 2.24) is 0 Å². The van der Waals surface area contributed by atoms with Gasteiger partial charge in [0.2, 0.25) is 0 Å². The van der Waals surface area contributed by atoms with Gasteiger partial charge in [-0.1, -0.05) is 58.8 Å². The van der Waals surface area contributed by atoms with Crippen molar-refractivity contribution in [1.29, 1.82) is 0 Å². The zero-order valence-corrected chi connectivity index (χ0v) is 9.07. The van der Waals surface area contributed by atoms with Gasteiger partial charge in [-0.15, -0.1) is 0 Å². The van der Waals surface area contributed by atoms with Crippen LogP contribution in [0.15, 0.2) is 0 Å². The fraction of sp³-hybridized carbons (Fsp3) is 1.00. The van der Waals surface area contributed by atoms with E-state index >= 15 is 0 Å². The van der Waals surface area contributed by atoms with Crippen molar-refractivity contribution in [2.45, 2.75) is 29.5 Å². The standard InChI is InChI=1S/C6H12BrI/c1-3-4-5(2)6(7)8/h5-6H,3-4H2,1-2H3. The maximum atomic E-state index is 3.53. The van der Waals surface area contributed by atoms with Gasteiger partial charge in [0, 0.05) is 0 Å². The monoisotopic (exact) mass is 290 g/mol. The molecule has 0 N–H and O–H groups in total. The molecule has 2 atom stereocenters. The predicted molar refractivity (Wildman–Crippen MR) is 50.8 cm³/mol. The summed E-state index contributed by atoms with van der Waals surface area (Å²) in [6.07, 6.45) is 2.63. The number of alkyl halides is 2. The smallest absolute Gasteiger partial charge is 0.0687 e. The summed E-state index contributed by atoms with van der Waals surface area (Å²) in [6.45, 7) is 4.50. The lowest BCUT2D eigenvalue weighted by atomic mass is 10.1. The molecule has 8 heavy (non-hydrogen) atoms. The molecular formula is C6H12BrI. The first-order valence-electron chi connectivity index (χ1n) is 2.96. The van der Waals surface area contributed by atoms with Gasteiger partial charge >= 0.3 is 0 Å². The van der Waals surface area contributed by atoms with Crippen LogP contribution in [0, 0.1) is 5.92 Å². The SMILES string of the molecule is CCCC(C)C(Br)I. The molecule has 50 valence electrons. The molecule has 0 nitrogen and oxygen atoms in total. The minimum atomic E-state index is 0.653. The van der Waals surface area contributed by atoms with Crippen molar-refractivity contribution in [3.05, 3.63) is 0 Å². The van der Waals surface area contributed by atoms with Gasteiger partial charge in [0.15, 0.2) is 0 Å². The van der Waals surface area contributed by atoms with Gasteiger partial charge in [-0.05, 0) is 12.3 Å². The van der Waals surface area contributed by atoms with Crippen molar-refractivity contribution in [2.24, 2.45) is 5.92 Å². The molecule has 0 bridgehead atoms. The Labute approximate surface area is 73.7 Å². The third-order valence-corrected chi connectivity index (χ3v) is 3.30. The van der Waals surface area contributed by atoms with Gasteiger partial charge < -0.3 is 0 Å². The van der Waals surface area contributed by atoms with E-state index in [1.807, 2.05) is 0 Å². The highest BCUT2D eigenvalue weighted by atomic mass is 127. The van der Waals surface area contributed by atoms with Crippen LogP contribution in [0.1, 0.15) is 26.7 Å². The maximum absolute atomic E-state index is 3.53. The molecule has 2 unspecified atom stereocenters. The second-order valence-electron chi connectivity index (χ2n) is 2.10. The summed E-state index contributed by atoms with van der Waals surface area (Å²) in [4.78, 5) is 0. The Hall–Kier alpha value is 1.21. The highest BCUT2D eigenvalue weighted by Crippen LogP contribution is 2.23. The minimum Gasteiger partial charge on any atom is -0.0772 e. The largest absolute Gasteiger partial charge is 0.0772 e. The molecule has 0 fully saturated rings. The van der Waals surface area contributed by atoms with Crippen molar-refractivity contribution >= 4 is 38.5 Å². The van der Waals surface area contributed by atoms with E-state index < -0.39 is 0 Å². The predicted octanol–water partition coefficient (Wildman–Crippen LogP) is 3.58. The minimum absolute atomic E-state index is 0.653. The molecule has 0 aliphatic rings. The number of halogens is 2. The summed E-state index contributed by atoms with van der Waals surface area (Å²) < 4.78 is 0.653. The molecule has 0 aliphatic heterocycles. The Morgan fingerprint density at radius 2 is 2.12 bits per heavy atom. The molecule has 0 saturated heterocycles. The van der Waals surface area contributed by atoms with E-state index in [0.717, 1.165) is 5.92 Å². The Morgan fingerprint density at radius 1 is 1.62 bits per heavy atom. The average molecular weight is 291 g/mol. The molecule has 0 saturated carbocycles. The van der Waals surface area contributed by atoms with Crippen LogP contribution >= 0.6 is 38.5 Å². The first kappa shape index (κ1) is 9.21. The zero-order chi connectivity index (χ0) is 6.57. The van der Waals surface area contributed by atoms with E-state index in [0.29, 0.717) is 2.83 Å². The highest BCUT2D eigenvalue weighted by molar-refractivity contribution is 14.1. The molecule has 0 aromatic rings. The van der Waals surface area contributed by atoms with E-state index in [1.54, 1.807) is 0 Å². The first-order valence-corrected chi connectivity index (χ1v) is 5.12. The van der Waals surface area contributed by atoms with E-state index in [2.05, 4.69) is 52.4 Å². The zero-order valence-electron chi connectivity index (χ0n) is 5.32. The summed E-state index contributed by atoms with van der Waals surface area (Å²) in [5.74, 6) is 0.820. The van der Waals surface area contributed by atoms with Gasteiger partial charge in [-0.25, -0.2) is 0 Å². The quantitative estimate of drug-likeness (QED) is 0.551. The Bertz CT molecular complexity index is 54.5. The topological polar surface area (TPSA) is 0 Å². The summed E-state index contributed by atoms with van der Waals surface area (Å²) in [5, 5.41) is 0. The molecule has 0 heterocycles. The molecule has 0 rings (SSSR count). The Balaban J connectivity index is 3.17. The molecule has 0 aromatic heterocycles. The summed E-state index contributed by atoms with van der Waals surface area (Å²) >= 11 is 5.94. The Morgan fingerprint density at radius 3 is 2.25 bits per heavy atom. The van der Waals surface area contributed by atoms with Crippen molar-refractivity contribution in [3.8, 4) is 0 Å². The average Bonchev–Trinajstić information content (AvgIpc) is 1.67. The van der Waals surface area contributed by atoms with E-state index in [1.165, 1.54) is 12.8 Å². The second kappa shape index (κ2) is 5.03. The van der Waals surface area contributed by atoms with Gasteiger partial charge in [0.1, 0.15) is 0 Å². The van der Waals surface area contributed by atoms with Crippen LogP contribution in [-0.2, 0) is 0 Å². The molecular weight excluding hydrogens is 279 g/mol. The molecule has 0 aromatic carbocycles. The van der Waals surface area contributed by atoms with Crippen LogP contribution in [0.2, 0.25) is 0 Å². The third-order valence-electron chi connectivity index (χ3n) is 1.17.